The van der Waals surface area contributed by atoms with Gasteiger partial charge in [-0.3, -0.25) is 14.5 Å². The first-order valence-electron chi connectivity index (χ1n) is 10.9. The Kier molecular flexibility index (Phi) is 5.56. The highest BCUT2D eigenvalue weighted by molar-refractivity contribution is 6.10. The molecule has 2 aromatic rings. The lowest BCUT2D eigenvalue weighted by Crippen LogP contribution is -2.49. The fourth-order valence-corrected chi connectivity index (χ4v) is 4.70. The minimum absolute atomic E-state index is 0.282. The smallest absolute Gasteiger partial charge is 0.323 e. The van der Waals surface area contributed by atoms with Gasteiger partial charge in [0.05, 0.1) is 22.8 Å². The Morgan fingerprint density at radius 1 is 1.19 bits per heavy atom. The van der Waals surface area contributed by atoms with Crippen LogP contribution in [0.3, 0.4) is 0 Å². The maximum Gasteiger partial charge on any atom is 0.325 e. The predicted molar refractivity (Wildman–Crippen MR) is 117 cm³/mol. The van der Waals surface area contributed by atoms with Crippen LogP contribution in [0.4, 0.5) is 10.5 Å². The zero-order valence-electron chi connectivity index (χ0n) is 18.3. The summed E-state index contributed by atoms with van der Waals surface area (Å²) in [5, 5.41) is 10.2. The molecule has 164 valence electrons. The monoisotopic (exact) mass is 423 g/mol. The molecule has 2 heterocycles. The molecule has 0 atom stereocenters. The van der Waals surface area contributed by atoms with Crippen molar-refractivity contribution in [1.29, 1.82) is 0 Å². The van der Waals surface area contributed by atoms with Gasteiger partial charge in [0.15, 0.2) is 0 Å². The van der Waals surface area contributed by atoms with E-state index in [1.807, 2.05) is 44.2 Å². The van der Waals surface area contributed by atoms with Crippen LogP contribution in [0.25, 0.3) is 5.69 Å². The quantitative estimate of drug-likeness (QED) is 0.721. The van der Waals surface area contributed by atoms with Gasteiger partial charge in [0.1, 0.15) is 12.1 Å². The van der Waals surface area contributed by atoms with E-state index in [1.165, 1.54) is 0 Å². The number of nitrogens with one attached hydrogen (secondary N) is 2. The molecule has 1 aliphatic carbocycles. The highest BCUT2D eigenvalue weighted by Gasteiger charge is 2.52. The molecule has 8 nitrogen and oxygen atoms in total. The van der Waals surface area contributed by atoms with E-state index in [0.29, 0.717) is 30.1 Å². The van der Waals surface area contributed by atoms with Crippen LogP contribution in [-0.2, 0) is 9.59 Å². The number of benzene rings is 1. The third-order valence-electron chi connectivity index (χ3n) is 6.64. The molecule has 2 aliphatic rings. The molecule has 1 saturated carbocycles. The van der Waals surface area contributed by atoms with Gasteiger partial charge in [-0.2, -0.15) is 5.10 Å². The molecule has 8 heteroatoms. The Morgan fingerprint density at radius 3 is 2.52 bits per heavy atom. The number of amides is 4. The number of aromatic nitrogens is 2. The topological polar surface area (TPSA) is 96.3 Å². The van der Waals surface area contributed by atoms with Crippen molar-refractivity contribution in [3.05, 3.63) is 41.7 Å². The van der Waals surface area contributed by atoms with E-state index in [0.717, 1.165) is 35.5 Å². The summed E-state index contributed by atoms with van der Waals surface area (Å²) in [5.74, 6) is -0.1000. The third kappa shape index (κ3) is 3.82. The predicted octanol–water partition coefficient (Wildman–Crippen LogP) is 3.32. The van der Waals surface area contributed by atoms with Crippen molar-refractivity contribution < 1.29 is 14.4 Å². The molecule has 1 spiro atoms. The van der Waals surface area contributed by atoms with E-state index in [2.05, 4.69) is 22.7 Å². The van der Waals surface area contributed by atoms with Crippen LogP contribution in [0.5, 0.6) is 0 Å². The van der Waals surface area contributed by atoms with Crippen LogP contribution >= 0.6 is 0 Å². The van der Waals surface area contributed by atoms with Gasteiger partial charge in [0.25, 0.3) is 5.91 Å². The number of carbonyl (C=O) groups excluding carboxylic acids is 3. The minimum Gasteiger partial charge on any atom is -0.323 e. The van der Waals surface area contributed by atoms with Crippen molar-refractivity contribution in [2.75, 3.05) is 11.9 Å². The van der Waals surface area contributed by atoms with Gasteiger partial charge in [0, 0.05) is 0 Å². The van der Waals surface area contributed by atoms with Gasteiger partial charge in [-0.05, 0) is 57.6 Å². The minimum atomic E-state index is -0.840. The van der Waals surface area contributed by atoms with Crippen molar-refractivity contribution in [2.24, 2.45) is 5.92 Å². The summed E-state index contributed by atoms with van der Waals surface area (Å²) in [6.07, 6.45) is 4.19. The molecule has 1 aromatic heterocycles. The van der Waals surface area contributed by atoms with Crippen LogP contribution in [-0.4, -0.2) is 44.6 Å². The molecule has 4 amide bonds. The normalized spacial score (nSPS) is 23.3. The average Bonchev–Trinajstić information content (AvgIpc) is 3.17. The summed E-state index contributed by atoms with van der Waals surface area (Å²) < 4.78 is 1.76. The van der Waals surface area contributed by atoms with Gasteiger partial charge in [0.2, 0.25) is 5.91 Å². The average molecular weight is 424 g/mol. The molecule has 0 radical (unpaired) electrons. The highest BCUT2D eigenvalue weighted by atomic mass is 16.2. The summed E-state index contributed by atoms with van der Waals surface area (Å²) in [6.45, 7) is 5.53. The Morgan fingerprint density at radius 2 is 1.87 bits per heavy atom. The number of hydrogen-bond acceptors (Lipinski definition) is 4. The summed E-state index contributed by atoms with van der Waals surface area (Å²) >= 11 is 0. The van der Waals surface area contributed by atoms with E-state index < -0.39 is 17.5 Å². The summed E-state index contributed by atoms with van der Waals surface area (Å²) in [4.78, 5) is 39.4. The van der Waals surface area contributed by atoms with Gasteiger partial charge in [-0.15, -0.1) is 0 Å². The number of aryl methyl sites for hydroxylation is 1. The van der Waals surface area contributed by atoms with Crippen LogP contribution in [0.2, 0.25) is 0 Å². The number of nitrogens with zero attached hydrogens (tertiary/aromatic N) is 3. The van der Waals surface area contributed by atoms with Crippen LogP contribution < -0.4 is 10.6 Å². The second kappa shape index (κ2) is 8.17. The molecule has 1 aliphatic heterocycles. The van der Waals surface area contributed by atoms with Gasteiger partial charge in [-0.25, -0.2) is 9.48 Å². The number of carbonyl (C=O) groups is 3. The summed E-state index contributed by atoms with van der Waals surface area (Å²) in [6, 6.07) is 9.16. The van der Waals surface area contributed by atoms with E-state index >= 15 is 0 Å². The van der Waals surface area contributed by atoms with E-state index in [4.69, 9.17) is 0 Å². The first kappa shape index (κ1) is 21.1. The van der Waals surface area contributed by atoms with Gasteiger partial charge in [-0.1, -0.05) is 31.5 Å². The lowest BCUT2D eigenvalue weighted by atomic mass is 9.75. The number of para-hydroxylation sites is 1. The second-order valence-corrected chi connectivity index (χ2v) is 8.60. The van der Waals surface area contributed by atoms with Crippen molar-refractivity contribution in [3.8, 4) is 5.69 Å². The van der Waals surface area contributed by atoms with Crippen molar-refractivity contribution in [1.82, 2.24) is 20.0 Å². The standard InChI is InChI=1S/C23H29N5O3/c1-4-17-10-12-23(13-11-17)21(30)27(22(31)25-23)14-19(29)24-20-15(2)26-28(16(20)3)18-8-6-5-7-9-18/h5-9,17H,4,10-14H2,1-3H3,(H,24,29)(H,25,31). The number of imide groups is 1. The molecule has 2 N–H and O–H groups in total. The lowest BCUT2D eigenvalue weighted by molar-refractivity contribution is -0.135. The molecular formula is C23H29N5O3. The molecule has 1 aromatic carbocycles. The Bertz CT molecular complexity index is 1010. The zero-order valence-corrected chi connectivity index (χ0v) is 18.3. The zero-order chi connectivity index (χ0) is 22.2. The van der Waals surface area contributed by atoms with E-state index in [9.17, 15) is 14.4 Å². The third-order valence-corrected chi connectivity index (χ3v) is 6.64. The lowest BCUT2D eigenvalue weighted by Gasteiger charge is -2.34. The fourth-order valence-electron chi connectivity index (χ4n) is 4.70. The second-order valence-electron chi connectivity index (χ2n) is 8.60. The molecule has 31 heavy (non-hydrogen) atoms. The molecule has 0 unspecified atom stereocenters. The summed E-state index contributed by atoms with van der Waals surface area (Å²) in [7, 11) is 0. The fraction of sp³-hybridized carbons (Fsp3) is 0.478. The number of anilines is 1. The van der Waals surface area contributed by atoms with Crippen LogP contribution in [0, 0.1) is 19.8 Å². The van der Waals surface area contributed by atoms with Gasteiger partial charge >= 0.3 is 6.03 Å². The Balaban J connectivity index is 1.46. The molecule has 0 bridgehead atoms. The maximum atomic E-state index is 13.0. The number of rotatable bonds is 5. The van der Waals surface area contributed by atoms with E-state index in [1.54, 1.807) is 4.68 Å². The number of hydrogen-bond donors (Lipinski definition) is 2. The first-order chi connectivity index (χ1) is 14.8. The Hall–Kier alpha value is -3.16. The van der Waals surface area contributed by atoms with Gasteiger partial charge < -0.3 is 10.6 Å². The van der Waals surface area contributed by atoms with Crippen molar-refractivity contribution in [3.63, 3.8) is 0 Å². The molecular weight excluding hydrogens is 394 g/mol. The summed E-state index contributed by atoms with van der Waals surface area (Å²) in [5.41, 5.74) is 2.10. The molecule has 4 rings (SSSR count). The highest BCUT2D eigenvalue weighted by Crippen LogP contribution is 2.37. The maximum absolute atomic E-state index is 13.0. The molecule has 2 fully saturated rings. The van der Waals surface area contributed by atoms with Crippen molar-refractivity contribution >= 4 is 23.5 Å². The molecule has 1 saturated heterocycles. The van der Waals surface area contributed by atoms with Crippen LogP contribution in [0.1, 0.15) is 50.4 Å². The van der Waals surface area contributed by atoms with E-state index in [-0.39, 0.29) is 12.5 Å². The first-order valence-corrected chi connectivity index (χ1v) is 10.9. The Labute approximate surface area is 182 Å². The van der Waals surface area contributed by atoms with Crippen molar-refractivity contribution in [2.45, 2.75) is 58.4 Å². The SMILES string of the molecule is CCC1CCC2(CC1)NC(=O)N(CC(=O)Nc1c(C)nn(-c3ccccc3)c1C)C2=O. The van der Waals surface area contributed by atoms with Crippen LogP contribution in [0.15, 0.2) is 30.3 Å². The largest absolute Gasteiger partial charge is 0.325 e. The number of urea groups is 1.